The molecule has 0 radical (unpaired) electrons. The molecule has 208 valence electrons. The lowest BCUT2D eigenvalue weighted by Crippen LogP contribution is -2.35. The predicted octanol–water partition coefficient (Wildman–Crippen LogP) is 5.70. The molecule has 1 aromatic heterocycles. The third kappa shape index (κ3) is 8.81. The molecule has 0 bridgehead atoms. The zero-order valence-electron chi connectivity index (χ0n) is 21.3. The van der Waals surface area contributed by atoms with E-state index in [0.717, 1.165) is 44.8 Å². The van der Waals surface area contributed by atoms with Gasteiger partial charge in [0.2, 0.25) is 11.8 Å². The van der Waals surface area contributed by atoms with Crippen LogP contribution < -0.4 is 20.7 Å². The van der Waals surface area contributed by atoms with Crippen LogP contribution in [0.25, 0.3) is 0 Å². The molecule has 12 heteroatoms. The number of halogens is 3. The van der Waals surface area contributed by atoms with Gasteiger partial charge < -0.3 is 20.7 Å². The molecular formula is C27H31F3N6O3. The van der Waals surface area contributed by atoms with Crippen LogP contribution in [0.1, 0.15) is 36.8 Å². The molecule has 1 fully saturated rings. The highest BCUT2D eigenvalue weighted by Crippen LogP contribution is 2.29. The van der Waals surface area contributed by atoms with E-state index in [2.05, 4.69) is 42.8 Å². The molecule has 3 aromatic rings. The Bertz CT molecular complexity index is 1220. The molecule has 0 atom stereocenters. The number of nitrogens with zero attached hydrogens (tertiary/aromatic N) is 3. The summed E-state index contributed by atoms with van der Waals surface area (Å²) in [5.74, 6) is 0.120. The van der Waals surface area contributed by atoms with Gasteiger partial charge in [-0.1, -0.05) is 48.5 Å². The number of ether oxygens (including phenoxy) is 1. The Labute approximate surface area is 224 Å². The molecule has 3 N–H and O–H groups in total. The van der Waals surface area contributed by atoms with E-state index < -0.39 is 11.3 Å². The molecule has 9 nitrogen and oxygen atoms in total. The SMILES string of the molecule is O=[N+]([O-])c1cnc(NCc2ccccc2OC(F)(F)F)nc1NC[C@H]1CC[C@H](NCCc2ccccc2)CC1. The Morgan fingerprint density at radius 3 is 2.44 bits per heavy atom. The molecule has 0 amide bonds. The first kappa shape index (κ1) is 28.1. The van der Waals surface area contributed by atoms with E-state index in [1.54, 1.807) is 6.07 Å². The molecule has 39 heavy (non-hydrogen) atoms. The summed E-state index contributed by atoms with van der Waals surface area (Å²) in [5.41, 5.74) is 1.28. The van der Waals surface area contributed by atoms with E-state index in [-0.39, 0.29) is 35.3 Å². The third-order valence-electron chi connectivity index (χ3n) is 6.70. The summed E-state index contributed by atoms with van der Waals surface area (Å²) >= 11 is 0. The van der Waals surface area contributed by atoms with Crippen LogP contribution in [0.2, 0.25) is 0 Å². The van der Waals surface area contributed by atoms with Crippen molar-refractivity contribution in [2.45, 2.75) is 51.1 Å². The average Bonchev–Trinajstić information content (AvgIpc) is 2.92. The average molecular weight is 545 g/mol. The van der Waals surface area contributed by atoms with E-state index in [1.807, 2.05) is 18.2 Å². The molecule has 0 unspecified atom stereocenters. The summed E-state index contributed by atoms with van der Waals surface area (Å²) in [6.07, 6.45) is 1.26. The number of anilines is 2. The highest BCUT2D eigenvalue weighted by Gasteiger charge is 2.32. The Kier molecular flexibility index (Phi) is 9.53. The second-order valence-electron chi connectivity index (χ2n) is 9.48. The van der Waals surface area contributed by atoms with E-state index in [4.69, 9.17) is 0 Å². The van der Waals surface area contributed by atoms with Crippen molar-refractivity contribution in [3.05, 3.63) is 82.0 Å². The minimum Gasteiger partial charge on any atom is -0.405 e. The maximum atomic E-state index is 12.7. The fourth-order valence-corrected chi connectivity index (χ4v) is 4.65. The smallest absolute Gasteiger partial charge is 0.405 e. The maximum Gasteiger partial charge on any atom is 0.573 e. The van der Waals surface area contributed by atoms with Crippen molar-refractivity contribution in [2.24, 2.45) is 5.92 Å². The molecule has 0 spiro atoms. The van der Waals surface area contributed by atoms with Crippen LogP contribution in [0.5, 0.6) is 5.75 Å². The van der Waals surface area contributed by atoms with Crippen molar-refractivity contribution in [3.63, 3.8) is 0 Å². The molecule has 1 aliphatic carbocycles. The van der Waals surface area contributed by atoms with Gasteiger partial charge in [-0.25, -0.2) is 4.98 Å². The predicted molar refractivity (Wildman–Crippen MR) is 142 cm³/mol. The quantitative estimate of drug-likeness (QED) is 0.197. The number of rotatable bonds is 12. The summed E-state index contributed by atoms with van der Waals surface area (Å²) in [4.78, 5) is 19.1. The third-order valence-corrected chi connectivity index (χ3v) is 6.70. The first-order chi connectivity index (χ1) is 18.8. The van der Waals surface area contributed by atoms with Crippen LogP contribution >= 0.6 is 0 Å². The number of hydrogen-bond donors (Lipinski definition) is 3. The van der Waals surface area contributed by atoms with Gasteiger partial charge in [0, 0.05) is 24.7 Å². The largest absolute Gasteiger partial charge is 0.573 e. The molecule has 4 rings (SSSR count). The van der Waals surface area contributed by atoms with Crippen molar-refractivity contribution >= 4 is 17.5 Å². The summed E-state index contributed by atoms with van der Waals surface area (Å²) < 4.78 is 42.1. The van der Waals surface area contributed by atoms with Crippen molar-refractivity contribution in [1.82, 2.24) is 15.3 Å². The van der Waals surface area contributed by atoms with Crippen LogP contribution in [0, 0.1) is 16.0 Å². The summed E-state index contributed by atoms with van der Waals surface area (Å²) in [5, 5.41) is 21.1. The second kappa shape index (κ2) is 13.2. The van der Waals surface area contributed by atoms with Crippen LogP contribution in [0.4, 0.5) is 30.6 Å². The molecular weight excluding hydrogens is 513 g/mol. The number of benzene rings is 2. The van der Waals surface area contributed by atoms with E-state index in [9.17, 15) is 23.3 Å². The molecule has 1 aliphatic rings. The van der Waals surface area contributed by atoms with E-state index in [0.29, 0.717) is 18.5 Å². The zero-order chi connectivity index (χ0) is 27.7. The molecule has 0 aliphatic heterocycles. The Morgan fingerprint density at radius 2 is 1.72 bits per heavy atom. The lowest BCUT2D eigenvalue weighted by atomic mass is 9.86. The van der Waals surface area contributed by atoms with Gasteiger partial charge in [-0.2, -0.15) is 4.98 Å². The van der Waals surface area contributed by atoms with Crippen LogP contribution in [-0.4, -0.2) is 40.4 Å². The van der Waals surface area contributed by atoms with Gasteiger partial charge in [0.15, 0.2) is 0 Å². The summed E-state index contributed by atoms with van der Waals surface area (Å²) in [6, 6.07) is 16.5. The van der Waals surface area contributed by atoms with E-state index in [1.165, 1.54) is 23.8 Å². The van der Waals surface area contributed by atoms with Gasteiger partial charge >= 0.3 is 12.0 Å². The Balaban J connectivity index is 1.28. The van der Waals surface area contributed by atoms with Crippen LogP contribution in [0.3, 0.4) is 0 Å². The molecule has 0 saturated heterocycles. The minimum absolute atomic E-state index is 0.0521. The van der Waals surface area contributed by atoms with Gasteiger partial charge in [-0.05, 0) is 56.2 Å². The van der Waals surface area contributed by atoms with Crippen molar-refractivity contribution < 1.29 is 22.8 Å². The fraction of sp³-hybridized carbons (Fsp3) is 0.407. The Hall–Kier alpha value is -3.93. The number of nitrogens with one attached hydrogen (secondary N) is 3. The molecule has 2 aromatic carbocycles. The number of aromatic nitrogens is 2. The van der Waals surface area contributed by atoms with Gasteiger partial charge in [-0.15, -0.1) is 13.2 Å². The fourth-order valence-electron chi connectivity index (χ4n) is 4.65. The second-order valence-corrected chi connectivity index (χ2v) is 9.48. The lowest BCUT2D eigenvalue weighted by Gasteiger charge is -2.29. The number of hydrogen-bond acceptors (Lipinski definition) is 8. The summed E-state index contributed by atoms with van der Waals surface area (Å²) in [6.45, 7) is 1.38. The van der Waals surface area contributed by atoms with Gasteiger partial charge in [-0.3, -0.25) is 10.1 Å². The Morgan fingerprint density at radius 1 is 1.00 bits per heavy atom. The first-order valence-electron chi connectivity index (χ1n) is 12.9. The zero-order valence-corrected chi connectivity index (χ0v) is 21.3. The van der Waals surface area contributed by atoms with Gasteiger partial charge in [0.25, 0.3) is 0 Å². The van der Waals surface area contributed by atoms with Gasteiger partial charge in [0.05, 0.1) is 4.92 Å². The van der Waals surface area contributed by atoms with Crippen LogP contribution in [-0.2, 0) is 13.0 Å². The lowest BCUT2D eigenvalue weighted by molar-refractivity contribution is -0.384. The topological polar surface area (TPSA) is 114 Å². The maximum absolute atomic E-state index is 12.7. The van der Waals surface area contributed by atoms with Crippen molar-refractivity contribution in [2.75, 3.05) is 23.7 Å². The minimum atomic E-state index is -4.82. The van der Waals surface area contributed by atoms with E-state index >= 15 is 0 Å². The first-order valence-corrected chi connectivity index (χ1v) is 12.9. The molecule has 1 saturated carbocycles. The highest BCUT2D eigenvalue weighted by atomic mass is 19.4. The summed E-state index contributed by atoms with van der Waals surface area (Å²) in [7, 11) is 0. The number of nitro groups is 1. The normalized spacial score (nSPS) is 17.4. The number of alkyl halides is 3. The van der Waals surface area contributed by atoms with Gasteiger partial charge in [0.1, 0.15) is 11.9 Å². The molecule has 1 heterocycles. The van der Waals surface area contributed by atoms with Crippen LogP contribution in [0.15, 0.2) is 60.8 Å². The highest BCUT2D eigenvalue weighted by molar-refractivity contribution is 5.57. The standard InChI is InChI=1S/C27H31F3N6O3/c28-27(29,30)39-24-9-5-4-8-21(24)17-33-26-34-18-23(36(37)38)25(35-26)32-16-20-10-12-22(13-11-20)31-15-14-19-6-2-1-3-7-19/h1-9,18,20,22,31H,10-17H2,(H2,32,33,34,35)/t20-,22-. The number of para-hydroxylation sites is 1. The monoisotopic (exact) mass is 544 g/mol. The van der Waals surface area contributed by atoms with Crippen molar-refractivity contribution in [1.29, 1.82) is 0 Å². The van der Waals surface area contributed by atoms with Crippen molar-refractivity contribution in [3.8, 4) is 5.75 Å².